The van der Waals surface area contributed by atoms with E-state index in [0.717, 1.165) is 36.2 Å². The number of pyridine rings is 1. The van der Waals surface area contributed by atoms with Crippen molar-refractivity contribution >= 4 is 33.9 Å². The van der Waals surface area contributed by atoms with Crippen LogP contribution in [0.2, 0.25) is 0 Å². The summed E-state index contributed by atoms with van der Waals surface area (Å²) >= 11 is 1.49. The van der Waals surface area contributed by atoms with Gasteiger partial charge in [-0.3, -0.25) is 4.79 Å². The average Bonchev–Trinajstić information content (AvgIpc) is 3.25. The number of ether oxygens (including phenoxy) is 1. The number of fused-ring (bicyclic) bond motifs is 2. The van der Waals surface area contributed by atoms with Crippen molar-refractivity contribution in [2.75, 3.05) is 26.0 Å². The number of imidazole rings is 1. The Hall–Kier alpha value is -2.71. The molecule has 1 unspecified atom stereocenters. The fraction of sp³-hybridized carbons (Fsp3) is 0.435. The molecule has 1 aliphatic rings. The highest BCUT2D eigenvalue weighted by Crippen LogP contribution is 2.40. The van der Waals surface area contributed by atoms with Gasteiger partial charge in [-0.05, 0) is 63.9 Å². The molecule has 3 heterocycles. The monoisotopic (exact) mass is 440 g/mol. The van der Waals surface area contributed by atoms with Gasteiger partial charge in [0.05, 0.1) is 17.9 Å². The third-order valence-corrected chi connectivity index (χ3v) is 6.70. The summed E-state index contributed by atoms with van der Waals surface area (Å²) in [5.41, 5.74) is 3.44. The number of thiophene rings is 1. The summed E-state index contributed by atoms with van der Waals surface area (Å²) in [6.45, 7) is 4.88. The van der Waals surface area contributed by atoms with Gasteiger partial charge in [-0.15, -0.1) is 11.3 Å². The number of amides is 1. The molecule has 0 radical (unpaired) electrons. The lowest BCUT2D eigenvalue weighted by atomic mass is 9.88. The minimum Gasteiger partial charge on any atom is -0.462 e. The predicted octanol–water partition coefficient (Wildman–Crippen LogP) is 4.01. The second-order valence-corrected chi connectivity index (χ2v) is 9.41. The van der Waals surface area contributed by atoms with E-state index in [0.29, 0.717) is 35.3 Å². The van der Waals surface area contributed by atoms with Gasteiger partial charge in [-0.2, -0.15) is 0 Å². The van der Waals surface area contributed by atoms with Crippen molar-refractivity contribution in [1.29, 1.82) is 0 Å². The van der Waals surface area contributed by atoms with Crippen LogP contribution < -0.4 is 5.32 Å². The van der Waals surface area contributed by atoms with Gasteiger partial charge in [0.25, 0.3) is 5.91 Å². The first-order valence-electron chi connectivity index (χ1n) is 10.6. The molecule has 0 saturated carbocycles. The molecule has 7 nitrogen and oxygen atoms in total. The zero-order valence-electron chi connectivity index (χ0n) is 18.4. The highest BCUT2D eigenvalue weighted by atomic mass is 32.1. The lowest BCUT2D eigenvalue weighted by Crippen LogP contribution is -2.20. The van der Waals surface area contributed by atoms with Gasteiger partial charge in [-0.25, -0.2) is 9.78 Å². The molecule has 1 N–H and O–H groups in total. The molecule has 0 aliphatic heterocycles. The van der Waals surface area contributed by atoms with Crippen LogP contribution in [0, 0.1) is 5.92 Å². The van der Waals surface area contributed by atoms with E-state index >= 15 is 0 Å². The topological polar surface area (TPSA) is 75.9 Å². The first-order chi connectivity index (χ1) is 14.9. The maximum absolute atomic E-state index is 13.3. The van der Waals surface area contributed by atoms with Crippen molar-refractivity contribution in [1.82, 2.24) is 14.3 Å². The normalized spacial score (nSPS) is 15.8. The third-order valence-electron chi connectivity index (χ3n) is 5.53. The number of carbonyl (C=O) groups is 2. The Morgan fingerprint density at radius 1 is 1.35 bits per heavy atom. The lowest BCUT2D eigenvalue weighted by molar-refractivity contribution is 0.0526. The van der Waals surface area contributed by atoms with E-state index in [2.05, 4.69) is 17.2 Å². The van der Waals surface area contributed by atoms with Crippen LogP contribution in [0.3, 0.4) is 0 Å². The van der Waals surface area contributed by atoms with E-state index in [1.807, 2.05) is 47.8 Å². The molecule has 0 spiro atoms. The summed E-state index contributed by atoms with van der Waals surface area (Å²) in [7, 11) is 3.91. The van der Waals surface area contributed by atoms with Crippen LogP contribution in [0.4, 0.5) is 5.00 Å². The molecule has 1 atom stereocenters. The van der Waals surface area contributed by atoms with Gasteiger partial charge < -0.3 is 19.4 Å². The zero-order valence-corrected chi connectivity index (χ0v) is 19.2. The van der Waals surface area contributed by atoms with Gasteiger partial charge in [0.2, 0.25) is 0 Å². The van der Waals surface area contributed by atoms with Crippen LogP contribution in [0.15, 0.2) is 24.4 Å². The maximum atomic E-state index is 13.3. The number of esters is 1. The molecule has 0 saturated heterocycles. The standard InChI is InChI=1S/C23H28N4O3S/c1-5-30-23(29)19-15-10-9-14(2)12-17(15)31-22(19)25-21(28)20-16(13-26(3)4)27-11-7-6-8-18(27)24-20/h6-8,11,14H,5,9-10,12-13H2,1-4H3,(H,25,28). The zero-order chi connectivity index (χ0) is 22.1. The molecule has 8 heteroatoms. The van der Waals surface area contributed by atoms with E-state index in [9.17, 15) is 9.59 Å². The van der Waals surface area contributed by atoms with Crippen LogP contribution in [0.1, 0.15) is 57.2 Å². The van der Waals surface area contributed by atoms with Crippen LogP contribution in [0.5, 0.6) is 0 Å². The molecule has 1 aliphatic carbocycles. The number of hydrogen-bond donors (Lipinski definition) is 1. The molecular weight excluding hydrogens is 412 g/mol. The molecule has 4 rings (SSSR count). The Labute approximate surface area is 186 Å². The summed E-state index contributed by atoms with van der Waals surface area (Å²) < 4.78 is 7.25. The van der Waals surface area contributed by atoms with E-state index in [1.165, 1.54) is 16.2 Å². The molecule has 3 aromatic heterocycles. The summed E-state index contributed by atoms with van der Waals surface area (Å²) in [5.74, 6) is -0.110. The van der Waals surface area contributed by atoms with E-state index < -0.39 is 0 Å². The lowest BCUT2D eigenvalue weighted by Gasteiger charge is -2.18. The summed E-state index contributed by atoms with van der Waals surface area (Å²) in [5, 5.41) is 3.56. The van der Waals surface area contributed by atoms with Crippen molar-refractivity contribution in [2.45, 2.75) is 39.7 Å². The Morgan fingerprint density at radius 2 is 2.16 bits per heavy atom. The highest BCUT2D eigenvalue weighted by Gasteiger charge is 2.30. The number of nitrogens with zero attached hydrogens (tertiary/aromatic N) is 3. The maximum Gasteiger partial charge on any atom is 0.341 e. The Morgan fingerprint density at radius 3 is 2.90 bits per heavy atom. The molecule has 3 aromatic rings. The Bertz CT molecular complexity index is 1130. The number of aromatic nitrogens is 2. The minimum absolute atomic E-state index is 0.298. The second-order valence-electron chi connectivity index (χ2n) is 8.30. The van der Waals surface area contributed by atoms with Crippen LogP contribution in [-0.4, -0.2) is 46.9 Å². The van der Waals surface area contributed by atoms with Crippen molar-refractivity contribution in [2.24, 2.45) is 5.92 Å². The van der Waals surface area contributed by atoms with Crippen LogP contribution in [-0.2, 0) is 24.1 Å². The highest BCUT2D eigenvalue weighted by molar-refractivity contribution is 7.17. The van der Waals surface area contributed by atoms with Crippen molar-refractivity contribution in [3.8, 4) is 0 Å². The van der Waals surface area contributed by atoms with E-state index in [-0.39, 0.29) is 11.9 Å². The molecule has 164 valence electrons. The minimum atomic E-state index is -0.367. The fourth-order valence-corrected chi connectivity index (χ4v) is 5.49. The van der Waals surface area contributed by atoms with Gasteiger partial charge >= 0.3 is 5.97 Å². The van der Waals surface area contributed by atoms with Gasteiger partial charge in [0.15, 0.2) is 5.69 Å². The van der Waals surface area contributed by atoms with Gasteiger partial charge in [0, 0.05) is 17.6 Å². The van der Waals surface area contributed by atoms with Crippen molar-refractivity contribution < 1.29 is 14.3 Å². The number of rotatable bonds is 6. The Kier molecular flexibility index (Phi) is 6.11. The summed E-state index contributed by atoms with van der Waals surface area (Å²) in [6.07, 6.45) is 4.69. The molecular formula is C23H28N4O3S. The van der Waals surface area contributed by atoms with Gasteiger partial charge in [-0.1, -0.05) is 13.0 Å². The SMILES string of the molecule is CCOC(=O)c1c(NC(=O)c2nc3ccccn3c2CN(C)C)sc2c1CCC(C)C2. The molecule has 31 heavy (non-hydrogen) atoms. The summed E-state index contributed by atoms with van der Waals surface area (Å²) in [6, 6.07) is 5.70. The fourth-order valence-electron chi connectivity index (χ4n) is 4.10. The van der Waals surface area contributed by atoms with E-state index in [4.69, 9.17) is 4.74 Å². The van der Waals surface area contributed by atoms with E-state index in [1.54, 1.807) is 6.92 Å². The number of anilines is 1. The van der Waals surface area contributed by atoms with Gasteiger partial charge in [0.1, 0.15) is 10.6 Å². The quantitative estimate of drug-likeness (QED) is 0.586. The smallest absolute Gasteiger partial charge is 0.341 e. The molecule has 0 fully saturated rings. The van der Waals surface area contributed by atoms with Crippen molar-refractivity contribution in [3.63, 3.8) is 0 Å². The molecule has 0 bridgehead atoms. The third kappa shape index (κ3) is 4.22. The van der Waals surface area contributed by atoms with Crippen LogP contribution >= 0.6 is 11.3 Å². The number of nitrogens with one attached hydrogen (secondary N) is 1. The Balaban J connectivity index is 1.73. The molecule has 0 aromatic carbocycles. The first kappa shape index (κ1) is 21.5. The largest absolute Gasteiger partial charge is 0.462 e. The average molecular weight is 441 g/mol. The predicted molar refractivity (Wildman–Crippen MR) is 122 cm³/mol. The first-order valence-corrected chi connectivity index (χ1v) is 11.4. The van der Waals surface area contributed by atoms with Crippen molar-refractivity contribution in [3.05, 3.63) is 51.8 Å². The number of carbonyl (C=O) groups excluding carboxylic acids is 2. The second kappa shape index (κ2) is 8.80. The molecule has 1 amide bonds. The van der Waals surface area contributed by atoms with Crippen LogP contribution in [0.25, 0.3) is 5.65 Å². The number of hydrogen-bond acceptors (Lipinski definition) is 6. The summed E-state index contributed by atoms with van der Waals surface area (Å²) in [4.78, 5) is 33.9.